The molecule has 0 radical (unpaired) electrons. The largest absolute Gasteiger partial charge is 0.340 e. The van der Waals surface area contributed by atoms with Crippen molar-refractivity contribution in [3.8, 4) is 0 Å². The highest BCUT2D eigenvalue weighted by molar-refractivity contribution is 6.43. The minimum atomic E-state index is -0.811. The molecule has 0 fully saturated rings. The molecule has 0 aliphatic carbocycles. The van der Waals surface area contributed by atoms with Gasteiger partial charge >= 0.3 is 0 Å². The van der Waals surface area contributed by atoms with Crippen LogP contribution in [0.25, 0.3) is 0 Å². The molecule has 5 nitrogen and oxygen atoms in total. The van der Waals surface area contributed by atoms with Gasteiger partial charge in [0.25, 0.3) is 11.8 Å². The summed E-state index contributed by atoms with van der Waals surface area (Å²) in [6.45, 7) is 3.60. The first-order chi connectivity index (χ1) is 13.2. The van der Waals surface area contributed by atoms with Crippen molar-refractivity contribution in [1.29, 1.82) is 0 Å². The van der Waals surface area contributed by atoms with Crippen LogP contribution >= 0.6 is 46.4 Å². The smallest absolute Gasteiger partial charge is 0.262 e. The molecule has 1 unspecified atom stereocenters. The fourth-order valence-electron chi connectivity index (χ4n) is 2.25. The molecule has 0 aromatic heterocycles. The second-order valence-corrected chi connectivity index (χ2v) is 7.80. The highest BCUT2D eigenvalue weighted by atomic mass is 35.5. The van der Waals surface area contributed by atoms with Crippen LogP contribution in [0.1, 0.15) is 29.8 Å². The van der Waals surface area contributed by atoms with Crippen molar-refractivity contribution in [3.05, 3.63) is 67.6 Å². The van der Waals surface area contributed by atoms with E-state index in [4.69, 9.17) is 46.4 Å². The molecular weight excluding hydrogens is 444 g/mol. The summed E-state index contributed by atoms with van der Waals surface area (Å²) in [4.78, 5) is 24.9. The summed E-state index contributed by atoms with van der Waals surface area (Å²) in [5.41, 5.74) is 3.25. The summed E-state index contributed by atoms with van der Waals surface area (Å²) in [5.74, 6) is -1.11. The van der Waals surface area contributed by atoms with Crippen LogP contribution in [0.3, 0.4) is 0 Å². The molecule has 2 N–H and O–H groups in total. The van der Waals surface area contributed by atoms with E-state index >= 15 is 0 Å². The summed E-state index contributed by atoms with van der Waals surface area (Å²) in [6.07, 6.45) is 1.38. The van der Waals surface area contributed by atoms with Crippen molar-refractivity contribution in [1.82, 2.24) is 10.7 Å². The predicted molar refractivity (Wildman–Crippen MR) is 115 cm³/mol. The van der Waals surface area contributed by atoms with Gasteiger partial charge in [-0.05, 0) is 30.2 Å². The van der Waals surface area contributed by atoms with E-state index in [1.165, 1.54) is 24.4 Å². The lowest BCUT2D eigenvalue weighted by Crippen LogP contribution is -2.48. The zero-order chi connectivity index (χ0) is 20.8. The van der Waals surface area contributed by atoms with Gasteiger partial charge in [0.15, 0.2) is 0 Å². The molecule has 9 heteroatoms. The average molecular weight is 461 g/mol. The number of halogens is 4. The Morgan fingerprint density at radius 2 is 1.71 bits per heavy atom. The Bertz CT molecular complexity index is 916. The Hall–Kier alpha value is -1.79. The first-order valence-electron chi connectivity index (χ1n) is 8.23. The number of rotatable bonds is 6. The number of hydrazone groups is 1. The Kier molecular flexibility index (Phi) is 8.13. The van der Waals surface area contributed by atoms with Gasteiger partial charge in [-0.25, -0.2) is 5.43 Å². The van der Waals surface area contributed by atoms with Crippen LogP contribution in [-0.2, 0) is 4.79 Å². The predicted octanol–water partition coefficient (Wildman–Crippen LogP) is 5.20. The SMILES string of the molecule is CC(C)C(NC(=O)c1ccc(Cl)c(Cl)c1)C(=O)N/N=C/c1cccc(Cl)c1Cl. The van der Waals surface area contributed by atoms with Crippen LogP contribution in [-0.4, -0.2) is 24.1 Å². The van der Waals surface area contributed by atoms with Crippen molar-refractivity contribution in [2.45, 2.75) is 19.9 Å². The summed E-state index contributed by atoms with van der Waals surface area (Å²) < 4.78 is 0. The van der Waals surface area contributed by atoms with E-state index in [2.05, 4.69) is 15.8 Å². The van der Waals surface area contributed by atoms with Crippen LogP contribution in [0.4, 0.5) is 0 Å². The zero-order valence-electron chi connectivity index (χ0n) is 15.0. The van der Waals surface area contributed by atoms with Gasteiger partial charge in [0.1, 0.15) is 6.04 Å². The monoisotopic (exact) mass is 459 g/mol. The molecule has 0 bridgehead atoms. The van der Waals surface area contributed by atoms with Crippen molar-refractivity contribution in [2.24, 2.45) is 11.0 Å². The minimum absolute atomic E-state index is 0.184. The van der Waals surface area contributed by atoms with Crippen molar-refractivity contribution in [2.75, 3.05) is 0 Å². The summed E-state index contributed by atoms with van der Waals surface area (Å²) in [7, 11) is 0. The molecule has 28 heavy (non-hydrogen) atoms. The average Bonchev–Trinajstić information content (AvgIpc) is 2.64. The molecule has 0 spiro atoms. The second-order valence-electron chi connectivity index (χ2n) is 6.20. The van der Waals surface area contributed by atoms with Crippen molar-refractivity contribution < 1.29 is 9.59 Å². The normalized spacial score (nSPS) is 12.2. The van der Waals surface area contributed by atoms with Crippen LogP contribution in [0.5, 0.6) is 0 Å². The van der Waals surface area contributed by atoms with Crippen LogP contribution in [0, 0.1) is 5.92 Å². The number of hydrogen-bond acceptors (Lipinski definition) is 3. The molecule has 148 valence electrons. The molecule has 0 aliphatic rings. The van der Waals surface area contributed by atoms with E-state index < -0.39 is 17.9 Å². The standard InChI is InChI=1S/C19H17Cl4N3O2/c1-10(2)17(25-18(27)11-6-7-13(20)15(22)8-11)19(28)26-24-9-12-4-3-5-14(21)16(12)23/h3-10,17H,1-2H3,(H,25,27)(H,26,28)/b24-9+. The molecule has 0 heterocycles. The quantitative estimate of drug-likeness (QED) is 0.459. The Labute approximate surface area is 183 Å². The molecule has 0 saturated heterocycles. The Morgan fingerprint density at radius 3 is 2.36 bits per heavy atom. The molecular formula is C19H17Cl4N3O2. The third-order valence-electron chi connectivity index (χ3n) is 3.78. The topological polar surface area (TPSA) is 70.6 Å². The highest BCUT2D eigenvalue weighted by Crippen LogP contribution is 2.24. The Balaban J connectivity index is 2.07. The van der Waals surface area contributed by atoms with E-state index in [0.29, 0.717) is 26.2 Å². The van der Waals surface area contributed by atoms with Crippen molar-refractivity contribution in [3.63, 3.8) is 0 Å². The lowest BCUT2D eigenvalue weighted by atomic mass is 10.0. The molecule has 2 amide bonds. The number of hydrogen-bond donors (Lipinski definition) is 2. The second kappa shape index (κ2) is 10.1. The van der Waals surface area contributed by atoms with E-state index in [1.54, 1.807) is 32.0 Å². The maximum Gasteiger partial charge on any atom is 0.262 e. The van der Waals surface area contributed by atoms with E-state index in [1.807, 2.05) is 0 Å². The fourth-order valence-corrected chi connectivity index (χ4v) is 2.91. The number of nitrogens with one attached hydrogen (secondary N) is 2. The summed E-state index contributed by atoms with van der Waals surface area (Å²) in [6, 6.07) is 8.73. The third kappa shape index (κ3) is 5.85. The molecule has 2 rings (SSSR count). The fraction of sp³-hybridized carbons (Fsp3) is 0.211. The Morgan fingerprint density at radius 1 is 1.00 bits per heavy atom. The molecule has 0 saturated carbocycles. The minimum Gasteiger partial charge on any atom is -0.340 e. The molecule has 2 aromatic rings. The van der Waals surface area contributed by atoms with Crippen LogP contribution < -0.4 is 10.7 Å². The van der Waals surface area contributed by atoms with Gasteiger partial charge in [-0.1, -0.05) is 72.4 Å². The number of carbonyl (C=O) groups is 2. The van der Waals surface area contributed by atoms with E-state index in [0.717, 1.165) is 0 Å². The van der Waals surface area contributed by atoms with Gasteiger partial charge in [-0.3, -0.25) is 9.59 Å². The van der Waals surface area contributed by atoms with Crippen LogP contribution in [0.2, 0.25) is 20.1 Å². The third-order valence-corrected chi connectivity index (χ3v) is 5.35. The number of amides is 2. The van der Waals surface area contributed by atoms with Gasteiger partial charge in [0, 0.05) is 11.1 Å². The summed E-state index contributed by atoms with van der Waals surface area (Å²) >= 11 is 23.8. The van der Waals surface area contributed by atoms with E-state index in [9.17, 15) is 9.59 Å². The first-order valence-corrected chi connectivity index (χ1v) is 9.74. The first kappa shape index (κ1) is 22.5. The molecule has 0 aliphatic heterocycles. The number of carbonyl (C=O) groups excluding carboxylic acids is 2. The summed E-state index contributed by atoms with van der Waals surface area (Å²) in [5, 5.41) is 7.87. The van der Waals surface area contributed by atoms with Crippen molar-refractivity contribution >= 4 is 64.4 Å². The molecule has 2 aromatic carbocycles. The van der Waals surface area contributed by atoms with Gasteiger partial charge in [-0.2, -0.15) is 5.10 Å². The molecule has 1 atom stereocenters. The van der Waals surface area contributed by atoms with Gasteiger partial charge < -0.3 is 5.32 Å². The van der Waals surface area contributed by atoms with E-state index in [-0.39, 0.29) is 10.9 Å². The number of nitrogens with zero attached hydrogens (tertiary/aromatic N) is 1. The zero-order valence-corrected chi connectivity index (χ0v) is 18.0. The van der Waals surface area contributed by atoms with Gasteiger partial charge in [-0.15, -0.1) is 0 Å². The van der Waals surface area contributed by atoms with Gasteiger partial charge in [0.05, 0.1) is 26.3 Å². The maximum atomic E-state index is 12.5. The van der Waals surface area contributed by atoms with Crippen LogP contribution in [0.15, 0.2) is 41.5 Å². The lowest BCUT2D eigenvalue weighted by Gasteiger charge is -2.20. The number of benzene rings is 2. The maximum absolute atomic E-state index is 12.5. The highest BCUT2D eigenvalue weighted by Gasteiger charge is 2.24. The van der Waals surface area contributed by atoms with Gasteiger partial charge in [0.2, 0.25) is 0 Å². The lowest BCUT2D eigenvalue weighted by molar-refractivity contribution is -0.123.